The third-order valence-corrected chi connectivity index (χ3v) is 4.01. The summed E-state index contributed by atoms with van der Waals surface area (Å²) < 4.78 is 0. The predicted molar refractivity (Wildman–Crippen MR) is 110 cm³/mol. The fraction of sp³-hybridized carbons (Fsp3) is 0.810. The molecule has 5 nitrogen and oxygen atoms in total. The van der Waals surface area contributed by atoms with Crippen LogP contribution in [0.2, 0.25) is 0 Å². The minimum atomic E-state index is -0.822. The summed E-state index contributed by atoms with van der Waals surface area (Å²) in [7, 11) is 1.59. The molecular weight excluding hydrogens is 328 g/mol. The van der Waals surface area contributed by atoms with Crippen molar-refractivity contribution in [3.63, 3.8) is 0 Å². The summed E-state index contributed by atoms with van der Waals surface area (Å²) in [4.78, 5) is 20.1. The van der Waals surface area contributed by atoms with Crippen LogP contribution in [0.1, 0.15) is 96.8 Å². The number of likely N-dealkylation sites (N-methyl/N-ethyl adjacent to an activating group) is 1. The fourth-order valence-corrected chi connectivity index (χ4v) is 2.52. The predicted octanol–water partition coefficient (Wildman–Crippen LogP) is 4.80. The SMILES string of the molecule is CCCCCCCC/C=C\CCCCCCCC(N)=O.CNCC(=O)O. The Morgan fingerprint density at radius 3 is 1.69 bits per heavy atom. The lowest BCUT2D eigenvalue weighted by Crippen LogP contribution is -2.16. The summed E-state index contributed by atoms with van der Waals surface area (Å²) >= 11 is 0. The van der Waals surface area contributed by atoms with Crippen LogP contribution in [0, 0.1) is 0 Å². The zero-order valence-electron chi connectivity index (χ0n) is 17.1. The van der Waals surface area contributed by atoms with Crippen molar-refractivity contribution in [3.8, 4) is 0 Å². The Bertz CT molecular complexity index is 344. The van der Waals surface area contributed by atoms with E-state index in [0.29, 0.717) is 6.42 Å². The van der Waals surface area contributed by atoms with E-state index in [9.17, 15) is 9.59 Å². The van der Waals surface area contributed by atoms with Crippen LogP contribution in [0.25, 0.3) is 0 Å². The van der Waals surface area contributed by atoms with Crippen molar-refractivity contribution >= 4 is 11.9 Å². The first kappa shape index (κ1) is 26.9. The van der Waals surface area contributed by atoms with E-state index in [0.717, 1.165) is 12.8 Å². The van der Waals surface area contributed by atoms with Gasteiger partial charge in [-0.15, -0.1) is 0 Å². The number of carboxylic acids is 1. The second-order valence-corrected chi connectivity index (χ2v) is 6.72. The molecule has 0 aromatic carbocycles. The summed E-state index contributed by atoms with van der Waals surface area (Å²) in [5.74, 6) is -0.986. The molecule has 0 aliphatic heterocycles. The zero-order valence-corrected chi connectivity index (χ0v) is 17.1. The van der Waals surface area contributed by atoms with Crippen molar-refractivity contribution in [1.29, 1.82) is 0 Å². The average molecular weight is 371 g/mol. The Kier molecular flexibility index (Phi) is 24.4. The molecule has 0 rings (SSSR count). The van der Waals surface area contributed by atoms with Crippen LogP contribution in [0.5, 0.6) is 0 Å². The second kappa shape index (κ2) is 23.6. The highest BCUT2D eigenvalue weighted by Crippen LogP contribution is 2.09. The summed E-state index contributed by atoms with van der Waals surface area (Å²) in [6.07, 6.45) is 21.9. The van der Waals surface area contributed by atoms with Crippen LogP contribution in [0.4, 0.5) is 0 Å². The number of carboxylic acid groups (broad SMARTS) is 1. The van der Waals surface area contributed by atoms with Crippen molar-refractivity contribution in [1.82, 2.24) is 5.32 Å². The first-order chi connectivity index (χ1) is 12.5. The van der Waals surface area contributed by atoms with E-state index in [-0.39, 0.29) is 12.5 Å². The number of aliphatic carboxylic acids is 1. The van der Waals surface area contributed by atoms with E-state index in [1.165, 1.54) is 70.6 Å². The monoisotopic (exact) mass is 370 g/mol. The largest absolute Gasteiger partial charge is 0.480 e. The minimum Gasteiger partial charge on any atom is -0.480 e. The summed E-state index contributed by atoms with van der Waals surface area (Å²) in [5, 5.41) is 10.3. The van der Waals surface area contributed by atoms with E-state index in [1.54, 1.807) is 7.05 Å². The van der Waals surface area contributed by atoms with E-state index in [2.05, 4.69) is 24.4 Å². The van der Waals surface area contributed by atoms with Gasteiger partial charge in [0.1, 0.15) is 0 Å². The van der Waals surface area contributed by atoms with Crippen LogP contribution in [-0.4, -0.2) is 30.6 Å². The lowest BCUT2D eigenvalue weighted by Gasteiger charge is -1.99. The normalized spacial score (nSPS) is 10.5. The summed E-state index contributed by atoms with van der Waals surface area (Å²) in [6, 6.07) is 0. The van der Waals surface area contributed by atoms with Gasteiger partial charge in [-0.2, -0.15) is 0 Å². The molecule has 0 saturated carbocycles. The molecule has 0 bridgehead atoms. The first-order valence-corrected chi connectivity index (χ1v) is 10.3. The van der Waals surface area contributed by atoms with Gasteiger partial charge in [0.05, 0.1) is 6.54 Å². The van der Waals surface area contributed by atoms with Gasteiger partial charge in [0.15, 0.2) is 0 Å². The molecule has 0 heterocycles. The fourth-order valence-electron chi connectivity index (χ4n) is 2.52. The highest BCUT2D eigenvalue weighted by Gasteiger charge is 1.94. The van der Waals surface area contributed by atoms with E-state index >= 15 is 0 Å². The quantitative estimate of drug-likeness (QED) is 0.253. The Morgan fingerprint density at radius 2 is 1.31 bits per heavy atom. The van der Waals surface area contributed by atoms with Crippen molar-refractivity contribution < 1.29 is 14.7 Å². The zero-order chi connectivity index (χ0) is 19.9. The van der Waals surface area contributed by atoms with Crippen LogP contribution in [-0.2, 0) is 9.59 Å². The lowest BCUT2D eigenvalue weighted by atomic mass is 10.1. The molecule has 0 fully saturated rings. The maximum Gasteiger partial charge on any atom is 0.317 e. The van der Waals surface area contributed by atoms with Crippen LogP contribution < -0.4 is 11.1 Å². The number of hydrogen-bond acceptors (Lipinski definition) is 3. The number of nitrogens with one attached hydrogen (secondary N) is 1. The first-order valence-electron chi connectivity index (χ1n) is 10.3. The van der Waals surface area contributed by atoms with Gasteiger partial charge >= 0.3 is 5.97 Å². The van der Waals surface area contributed by atoms with E-state index < -0.39 is 5.97 Å². The van der Waals surface area contributed by atoms with Gasteiger partial charge in [-0.25, -0.2) is 0 Å². The summed E-state index contributed by atoms with van der Waals surface area (Å²) in [5.41, 5.74) is 5.10. The topological polar surface area (TPSA) is 92.4 Å². The molecule has 4 N–H and O–H groups in total. The van der Waals surface area contributed by atoms with Gasteiger partial charge in [0.2, 0.25) is 5.91 Å². The Hall–Kier alpha value is -1.36. The Balaban J connectivity index is 0. The van der Waals surface area contributed by atoms with Crippen molar-refractivity contribution in [2.45, 2.75) is 96.8 Å². The molecule has 26 heavy (non-hydrogen) atoms. The smallest absolute Gasteiger partial charge is 0.317 e. The van der Waals surface area contributed by atoms with Crippen LogP contribution >= 0.6 is 0 Å². The second-order valence-electron chi connectivity index (χ2n) is 6.72. The molecular formula is C21H42N2O3. The molecule has 0 unspecified atom stereocenters. The minimum absolute atomic E-state index is 0.0417. The third-order valence-electron chi connectivity index (χ3n) is 4.01. The highest BCUT2D eigenvalue weighted by atomic mass is 16.4. The molecule has 0 spiro atoms. The van der Waals surface area contributed by atoms with Gasteiger partial charge in [0, 0.05) is 6.42 Å². The van der Waals surface area contributed by atoms with Crippen molar-refractivity contribution in [3.05, 3.63) is 12.2 Å². The number of nitrogens with two attached hydrogens (primary N) is 1. The van der Waals surface area contributed by atoms with Gasteiger partial charge in [-0.1, -0.05) is 70.4 Å². The molecule has 5 heteroatoms. The number of primary amides is 1. The number of carbonyl (C=O) groups excluding carboxylic acids is 1. The van der Waals surface area contributed by atoms with Gasteiger partial charge in [-0.05, 0) is 39.2 Å². The molecule has 0 aromatic rings. The highest BCUT2D eigenvalue weighted by molar-refractivity contribution is 5.73. The number of rotatable bonds is 17. The van der Waals surface area contributed by atoms with E-state index in [1.807, 2.05) is 0 Å². The van der Waals surface area contributed by atoms with E-state index in [4.69, 9.17) is 10.8 Å². The summed E-state index contributed by atoms with van der Waals surface area (Å²) in [6.45, 7) is 2.31. The number of hydrogen-bond donors (Lipinski definition) is 3. The molecule has 0 radical (unpaired) electrons. The molecule has 1 amide bonds. The Morgan fingerprint density at radius 1 is 0.846 bits per heavy atom. The number of carbonyl (C=O) groups is 2. The van der Waals surface area contributed by atoms with Crippen LogP contribution in [0.3, 0.4) is 0 Å². The molecule has 0 saturated heterocycles. The standard InChI is InChI=1S/C18H35NO.C3H7NO2/c1-2-3-4-5-6-7-8-9-10-11-12-13-14-15-16-17-18(19)20;1-4-2-3(5)6/h9-10H,2-8,11-17H2,1H3,(H2,19,20);4H,2H2,1H3,(H,5,6)/b10-9-;. The Labute approximate surface area is 160 Å². The maximum absolute atomic E-state index is 10.5. The maximum atomic E-state index is 10.5. The van der Waals surface area contributed by atoms with Crippen molar-refractivity contribution in [2.75, 3.05) is 13.6 Å². The molecule has 0 aliphatic rings. The lowest BCUT2D eigenvalue weighted by molar-refractivity contribution is -0.135. The number of allylic oxidation sites excluding steroid dienone is 2. The van der Waals surface area contributed by atoms with Gasteiger partial charge < -0.3 is 16.2 Å². The third kappa shape index (κ3) is 30.5. The molecule has 0 atom stereocenters. The number of amides is 1. The molecule has 154 valence electrons. The van der Waals surface area contributed by atoms with Crippen molar-refractivity contribution in [2.24, 2.45) is 5.73 Å². The number of unbranched alkanes of at least 4 members (excludes halogenated alkanes) is 11. The average Bonchev–Trinajstić information content (AvgIpc) is 2.58. The van der Waals surface area contributed by atoms with Crippen LogP contribution in [0.15, 0.2) is 12.2 Å². The molecule has 0 aliphatic carbocycles. The molecule has 0 aromatic heterocycles. The van der Waals surface area contributed by atoms with Gasteiger partial charge in [-0.3, -0.25) is 9.59 Å². The van der Waals surface area contributed by atoms with Gasteiger partial charge in [0.25, 0.3) is 0 Å².